The number of carbonyl (C=O) groups is 1. The number of nitrogens with one attached hydrogen (secondary N) is 1. The number of ketones is 1. The Labute approximate surface area is 158 Å². The van der Waals surface area contributed by atoms with Gasteiger partial charge in [-0.3, -0.25) is 14.9 Å². The van der Waals surface area contributed by atoms with Crippen LogP contribution in [0.5, 0.6) is 0 Å². The van der Waals surface area contributed by atoms with E-state index in [-0.39, 0.29) is 16.7 Å². The van der Waals surface area contributed by atoms with Crippen LogP contribution in [0.15, 0.2) is 48.0 Å². The van der Waals surface area contributed by atoms with E-state index >= 15 is 0 Å². The molecule has 0 saturated heterocycles. The van der Waals surface area contributed by atoms with Crippen LogP contribution in [-0.2, 0) is 5.41 Å². The summed E-state index contributed by atoms with van der Waals surface area (Å²) >= 11 is 0. The van der Waals surface area contributed by atoms with Crippen LogP contribution in [-0.4, -0.2) is 17.8 Å². The smallest absolute Gasteiger partial charge is 0.292 e. The van der Waals surface area contributed by atoms with Crippen LogP contribution in [0.3, 0.4) is 0 Å². The average molecular weight is 363 g/mol. The molecule has 138 valence electrons. The minimum absolute atomic E-state index is 0.0382. The van der Waals surface area contributed by atoms with Crippen molar-refractivity contribution >= 4 is 23.2 Å². The summed E-state index contributed by atoms with van der Waals surface area (Å²) in [4.78, 5) is 23.3. The number of carbonyl (C=O) groups excluding carboxylic acids is 1. The fourth-order valence-electron chi connectivity index (χ4n) is 2.59. The number of nitriles is 1. The van der Waals surface area contributed by atoms with Crippen LogP contribution < -0.4 is 5.32 Å². The van der Waals surface area contributed by atoms with Gasteiger partial charge in [0.25, 0.3) is 5.69 Å². The van der Waals surface area contributed by atoms with Gasteiger partial charge in [0.2, 0.25) is 5.78 Å². The third-order valence-electron chi connectivity index (χ3n) is 4.18. The molecule has 0 aromatic heterocycles. The second-order valence-electron chi connectivity index (χ2n) is 7.11. The van der Waals surface area contributed by atoms with Gasteiger partial charge in [0.05, 0.1) is 4.92 Å². The Morgan fingerprint density at radius 2 is 1.81 bits per heavy atom. The zero-order chi connectivity index (χ0) is 20.2. The molecule has 0 saturated carbocycles. The summed E-state index contributed by atoms with van der Waals surface area (Å²) in [6, 6.07) is 13.5. The molecule has 0 heterocycles. The first-order chi connectivity index (χ1) is 12.7. The van der Waals surface area contributed by atoms with Crippen molar-refractivity contribution in [2.45, 2.75) is 26.2 Å². The van der Waals surface area contributed by atoms with E-state index in [4.69, 9.17) is 0 Å². The summed E-state index contributed by atoms with van der Waals surface area (Å²) in [5.41, 5.74) is 2.02. The number of nitro benzene ring substituents is 1. The molecule has 2 rings (SSSR count). The number of hydrogen-bond donors (Lipinski definition) is 1. The Balaban J connectivity index is 2.39. The van der Waals surface area contributed by atoms with Gasteiger partial charge < -0.3 is 5.32 Å². The van der Waals surface area contributed by atoms with Crippen molar-refractivity contribution in [3.05, 3.63) is 74.8 Å². The van der Waals surface area contributed by atoms with Crippen LogP contribution in [0.25, 0.3) is 6.08 Å². The lowest BCUT2D eigenvalue weighted by molar-refractivity contribution is -0.383. The second-order valence-corrected chi connectivity index (χ2v) is 7.11. The standard InChI is InChI=1S/C21H21N3O3/c1-21(2,3)17-8-6-15(7-9-17)20(25)16(13-22)11-14-5-10-18(23-4)19(12-14)24(26)27/h5-12,23H,1-4H3/b16-11+. The van der Waals surface area contributed by atoms with Crippen molar-refractivity contribution < 1.29 is 9.72 Å². The molecule has 6 heteroatoms. The van der Waals surface area contributed by atoms with E-state index in [0.29, 0.717) is 16.8 Å². The summed E-state index contributed by atoms with van der Waals surface area (Å²) in [6.07, 6.45) is 1.37. The average Bonchev–Trinajstić information content (AvgIpc) is 2.64. The molecule has 0 fully saturated rings. The van der Waals surface area contributed by atoms with E-state index in [2.05, 4.69) is 26.1 Å². The number of allylic oxidation sites excluding steroid dienone is 1. The molecule has 2 aromatic carbocycles. The van der Waals surface area contributed by atoms with Crippen molar-refractivity contribution in [3.63, 3.8) is 0 Å². The maximum atomic E-state index is 12.6. The first kappa shape index (κ1) is 19.9. The van der Waals surface area contributed by atoms with Crippen molar-refractivity contribution in [1.29, 1.82) is 5.26 Å². The lowest BCUT2D eigenvalue weighted by atomic mass is 9.86. The quantitative estimate of drug-likeness (QED) is 0.272. The lowest BCUT2D eigenvalue weighted by Crippen LogP contribution is -2.11. The van der Waals surface area contributed by atoms with E-state index in [9.17, 15) is 20.2 Å². The highest BCUT2D eigenvalue weighted by atomic mass is 16.6. The lowest BCUT2D eigenvalue weighted by Gasteiger charge is -2.18. The summed E-state index contributed by atoms with van der Waals surface area (Å²) in [5.74, 6) is -0.418. The van der Waals surface area contributed by atoms with Crippen molar-refractivity contribution in [1.82, 2.24) is 0 Å². The largest absolute Gasteiger partial charge is 0.383 e. The molecule has 0 bridgehead atoms. The van der Waals surface area contributed by atoms with Crippen molar-refractivity contribution in [2.24, 2.45) is 0 Å². The molecule has 6 nitrogen and oxygen atoms in total. The molecular weight excluding hydrogens is 342 g/mol. The summed E-state index contributed by atoms with van der Waals surface area (Å²) in [5, 5.41) is 23.3. The second kappa shape index (κ2) is 7.83. The molecule has 0 unspecified atom stereocenters. The maximum Gasteiger partial charge on any atom is 0.292 e. The number of benzene rings is 2. The van der Waals surface area contributed by atoms with Gasteiger partial charge in [-0.05, 0) is 28.7 Å². The van der Waals surface area contributed by atoms with Gasteiger partial charge in [-0.2, -0.15) is 5.26 Å². The number of nitro groups is 1. The van der Waals surface area contributed by atoms with Gasteiger partial charge in [-0.1, -0.05) is 51.1 Å². The SMILES string of the molecule is CNc1ccc(/C=C(\C#N)C(=O)c2ccc(C(C)(C)C)cc2)cc1[N+](=O)[O-]. The molecule has 0 spiro atoms. The van der Waals surface area contributed by atoms with E-state index in [1.54, 1.807) is 31.3 Å². The van der Waals surface area contributed by atoms with Crippen LogP contribution in [0.1, 0.15) is 42.3 Å². The molecule has 0 amide bonds. The molecule has 0 aliphatic carbocycles. The Kier molecular flexibility index (Phi) is 5.76. The number of anilines is 1. The van der Waals surface area contributed by atoms with Gasteiger partial charge in [-0.25, -0.2) is 0 Å². The van der Waals surface area contributed by atoms with Crippen LogP contribution >= 0.6 is 0 Å². The number of Topliss-reactive ketones (excluding diaryl/α,β-unsaturated/α-hetero) is 1. The monoisotopic (exact) mass is 363 g/mol. The van der Waals surface area contributed by atoms with E-state index in [1.807, 2.05) is 18.2 Å². The molecule has 2 aromatic rings. The fourth-order valence-corrected chi connectivity index (χ4v) is 2.59. The Morgan fingerprint density at radius 1 is 1.19 bits per heavy atom. The number of rotatable bonds is 5. The van der Waals surface area contributed by atoms with Crippen molar-refractivity contribution in [2.75, 3.05) is 12.4 Å². The topological polar surface area (TPSA) is 96.0 Å². The minimum Gasteiger partial charge on any atom is -0.383 e. The zero-order valence-corrected chi connectivity index (χ0v) is 15.7. The third-order valence-corrected chi connectivity index (χ3v) is 4.18. The first-order valence-corrected chi connectivity index (χ1v) is 8.40. The van der Waals surface area contributed by atoms with Crippen LogP contribution in [0.4, 0.5) is 11.4 Å². The van der Waals surface area contributed by atoms with E-state index in [1.165, 1.54) is 12.1 Å². The Bertz CT molecular complexity index is 946. The molecular formula is C21H21N3O3. The molecule has 27 heavy (non-hydrogen) atoms. The highest BCUT2D eigenvalue weighted by Gasteiger charge is 2.17. The molecule has 1 N–H and O–H groups in total. The Morgan fingerprint density at radius 3 is 2.30 bits per heavy atom. The molecule has 0 aliphatic heterocycles. The number of hydrogen-bond acceptors (Lipinski definition) is 5. The maximum absolute atomic E-state index is 12.6. The third kappa shape index (κ3) is 4.59. The van der Waals surface area contributed by atoms with Gasteiger partial charge in [0.15, 0.2) is 0 Å². The van der Waals surface area contributed by atoms with Crippen molar-refractivity contribution in [3.8, 4) is 6.07 Å². The van der Waals surface area contributed by atoms with E-state index in [0.717, 1.165) is 5.56 Å². The fraction of sp³-hybridized carbons (Fsp3) is 0.238. The highest BCUT2D eigenvalue weighted by Crippen LogP contribution is 2.27. The Hall–Kier alpha value is -3.46. The molecule has 0 atom stereocenters. The number of nitrogens with zero attached hydrogens (tertiary/aromatic N) is 2. The van der Waals surface area contributed by atoms with Crippen LogP contribution in [0, 0.1) is 21.4 Å². The normalized spacial score (nSPS) is 11.6. The molecule has 0 aliphatic rings. The van der Waals surface area contributed by atoms with Crippen LogP contribution in [0.2, 0.25) is 0 Å². The van der Waals surface area contributed by atoms with Gasteiger partial charge in [0.1, 0.15) is 17.3 Å². The summed E-state index contributed by atoms with van der Waals surface area (Å²) in [6.45, 7) is 6.23. The minimum atomic E-state index is -0.512. The van der Waals surface area contributed by atoms with Gasteiger partial charge >= 0.3 is 0 Å². The van der Waals surface area contributed by atoms with E-state index < -0.39 is 10.7 Å². The van der Waals surface area contributed by atoms with Gasteiger partial charge in [-0.15, -0.1) is 0 Å². The summed E-state index contributed by atoms with van der Waals surface area (Å²) < 4.78 is 0. The highest BCUT2D eigenvalue weighted by molar-refractivity contribution is 6.14. The van der Waals surface area contributed by atoms with Gasteiger partial charge in [0, 0.05) is 18.7 Å². The summed E-state index contributed by atoms with van der Waals surface area (Å²) in [7, 11) is 1.59. The zero-order valence-electron chi connectivity index (χ0n) is 15.7. The molecule has 0 radical (unpaired) electrons. The predicted molar refractivity (Wildman–Crippen MR) is 106 cm³/mol. The predicted octanol–water partition coefficient (Wildman–Crippen LogP) is 4.72. The first-order valence-electron chi connectivity index (χ1n) is 8.40.